The van der Waals surface area contributed by atoms with Crippen LogP contribution in [0, 0.1) is 16.0 Å². The van der Waals surface area contributed by atoms with E-state index >= 15 is 0 Å². The van der Waals surface area contributed by atoms with E-state index in [-0.39, 0.29) is 24.4 Å². The van der Waals surface area contributed by atoms with Gasteiger partial charge in [-0.05, 0) is 36.8 Å². The number of aryl methyl sites for hydroxylation is 1. The van der Waals surface area contributed by atoms with E-state index in [1.807, 2.05) is 0 Å². The summed E-state index contributed by atoms with van der Waals surface area (Å²) >= 11 is 1.59. The molecule has 152 valence electrons. The van der Waals surface area contributed by atoms with Crippen molar-refractivity contribution in [3.8, 4) is 5.75 Å². The Morgan fingerprint density at radius 2 is 2.31 bits per heavy atom. The molecule has 0 unspecified atom stereocenters. The first kappa shape index (κ1) is 19.5. The van der Waals surface area contributed by atoms with Gasteiger partial charge in [-0.3, -0.25) is 19.5 Å². The van der Waals surface area contributed by atoms with Gasteiger partial charge >= 0.3 is 0 Å². The quantitative estimate of drug-likeness (QED) is 0.490. The van der Waals surface area contributed by atoms with Crippen molar-refractivity contribution in [1.29, 1.82) is 0 Å². The normalized spacial score (nSPS) is 17.1. The van der Waals surface area contributed by atoms with Gasteiger partial charge in [-0.25, -0.2) is 4.98 Å². The van der Waals surface area contributed by atoms with E-state index in [1.165, 1.54) is 34.0 Å². The number of fused-ring (bicyclic) bond motifs is 3. The minimum absolute atomic E-state index is 0.0394. The molecule has 2 aromatic heterocycles. The first-order valence-corrected chi connectivity index (χ1v) is 10.3. The highest BCUT2D eigenvalue weighted by Crippen LogP contribution is 2.35. The van der Waals surface area contributed by atoms with Gasteiger partial charge in [0, 0.05) is 10.9 Å². The first-order chi connectivity index (χ1) is 13.9. The molecule has 0 amide bonds. The van der Waals surface area contributed by atoms with Crippen LogP contribution < -0.4 is 10.3 Å². The number of aromatic nitrogens is 2. The van der Waals surface area contributed by atoms with E-state index in [0.29, 0.717) is 17.1 Å². The summed E-state index contributed by atoms with van der Waals surface area (Å²) < 4.78 is 6.87. The Morgan fingerprint density at radius 3 is 3.10 bits per heavy atom. The fourth-order valence-electron chi connectivity index (χ4n) is 3.66. The Labute approximate surface area is 170 Å². The maximum atomic E-state index is 13.0. The van der Waals surface area contributed by atoms with Crippen molar-refractivity contribution in [2.45, 2.75) is 38.8 Å². The maximum Gasteiger partial charge on any atom is 0.273 e. The van der Waals surface area contributed by atoms with Gasteiger partial charge in [-0.15, -0.1) is 11.3 Å². The van der Waals surface area contributed by atoms with Crippen molar-refractivity contribution < 1.29 is 14.8 Å². The number of non-ortho nitro benzene ring substituents is 1. The molecule has 4 rings (SSSR count). The number of benzene rings is 1. The molecule has 1 aliphatic rings. The summed E-state index contributed by atoms with van der Waals surface area (Å²) in [6.45, 7) is 2.17. The molecule has 0 saturated heterocycles. The molecule has 3 aromatic rings. The molecule has 0 bridgehead atoms. The largest absolute Gasteiger partial charge is 0.491 e. The van der Waals surface area contributed by atoms with Crippen LogP contribution in [0.3, 0.4) is 0 Å². The number of ether oxygens (including phenoxy) is 1. The Bertz CT molecular complexity index is 1120. The van der Waals surface area contributed by atoms with Gasteiger partial charge in [-0.2, -0.15) is 0 Å². The number of rotatable bonds is 6. The molecule has 29 heavy (non-hydrogen) atoms. The fraction of sp³-hybridized carbons (Fsp3) is 0.400. The van der Waals surface area contributed by atoms with Gasteiger partial charge < -0.3 is 9.84 Å². The molecule has 8 nitrogen and oxygen atoms in total. The number of hydrogen-bond acceptors (Lipinski definition) is 7. The molecular weight excluding hydrogens is 394 g/mol. The van der Waals surface area contributed by atoms with Crippen LogP contribution >= 0.6 is 11.3 Å². The number of nitro benzene ring substituents is 1. The number of hydrogen-bond donors (Lipinski definition) is 1. The van der Waals surface area contributed by atoms with E-state index < -0.39 is 11.0 Å². The smallest absolute Gasteiger partial charge is 0.273 e. The lowest BCUT2D eigenvalue weighted by Crippen LogP contribution is -2.30. The standard InChI is InChI=1S/C20H21N3O5S/c1-12-5-6-16-17(7-12)29-19-18(16)20(25)22(11-21-19)9-14(24)10-28-15-4-2-3-13(8-15)23(26)27/h2-4,8,11-12,14,24H,5-7,9-10H2,1H3/t12-,14+/m1/s1. The molecule has 0 aliphatic heterocycles. The lowest BCUT2D eigenvalue weighted by atomic mass is 9.89. The minimum atomic E-state index is -0.958. The van der Waals surface area contributed by atoms with Crippen LogP contribution in [0.15, 0.2) is 35.4 Å². The van der Waals surface area contributed by atoms with Crippen LogP contribution in [-0.2, 0) is 19.4 Å². The topological polar surface area (TPSA) is 107 Å². The lowest BCUT2D eigenvalue weighted by molar-refractivity contribution is -0.384. The number of aliphatic hydroxyl groups excluding tert-OH is 1. The average Bonchev–Trinajstić information content (AvgIpc) is 3.07. The molecule has 9 heteroatoms. The van der Waals surface area contributed by atoms with Gasteiger partial charge in [0.25, 0.3) is 11.2 Å². The second kappa shape index (κ2) is 7.92. The number of nitro groups is 1. The highest BCUT2D eigenvalue weighted by molar-refractivity contribution is 7.18. The summed E-state index contributed by atoms with van der Waals surface area (Å²) in [5.41, 5.74) is 0.883. The second-order valence-electron chi connectivity index (χ2n) is 7.45. The fourth-order valence-corrected chi connectivity index (χ4v) is 5.00. The van der Waals surface area contributed by atoms with Crippen molar-refractivity contribution in [3.63, 3.8) is 0 Å². The van der Waals surface area contributed by atoms with E-state index in [1.54, 1.807) is 17.4 Å². The summed E-state index contributed by atoms with van der Waals surface area (Å²) in [7, 11) is 0. The first-order valence-electron chi connectivity index (χ1n) is 9.47. The zero-order chi connectivity index (χ0) is 20.5. The summed E-state index contributed by atoms with van der Waals surface area (Å²) in [5.74, 6) is 0.908. The van der Waals surface area contributed by atoms with Crippen LogP contribution in [0.5, 0.6) is 5.75 Å². The predicted molar refractivity (Wildman–Crippen MR) is 110 cm³/mol. The maximum absolute atomic E-state index is 13.0. The monoisotopic (exact) mass is 415 g/mol. The van der Waals surface area contributed by atoms with Crippen LogP contribution in [0.25, 0.3) is 10.2 Å². The summed E-state index contributed by atoms with van der Waals surface area (Å²) in [6.07, 6.45) is 3.44. The SMILES string of the molecule is C[C@@H]1CCc2c(sc3ncn(C[C@H](O)COc4cccc([N+](=O)[O-])c4)c(=O)c23)C1. The molecule has 0 fully saturated rings. The number of thiophene rings is 1. The van der Waals surface area contributed by atoms with Crippen LogP contribution in [0.1, 0.15) is 23.8 Å². The molecule has 0 saturated carbocycles. The van der Waals surface area contributed by atoms with Crippen molar-refractivity contribution in [2.24, 2.45) is 5.92 Å². The van der Waals surface area contributed by atoms with Gasteiger partial charge in [0.15, 0.2) is 0 Å². The summed E-state index contributed by atoms with van der Waals surface area (Å²) in [5, 5.41) is 21.8. The van der Waals surface area contributed by atoms with Crippen molar-refractivity contribution in [3.05, 3.63) is 61.5 Å². The minimum Gasteiger partial charge on any atom is -0.491 e. The highest BCUT2D eigenvalue weighted by atomic mass is 32.1. The van der Waals surface area contributed by atoms with Crippen LogP contribution in [0.4, 0.5) is 5.69 Å². The molecule has 1 aliphatic carbocycles. The Balaban J connectivity index is 1.49. The third-order valence-electron chi connectivity index (χ3n) is 5.16. The number of nitrogens with zero attached hydrogens (tertiary/aromatic N) is 3. The zero-order valence-corrected chi connectivity index (χ0v) is 16.7. The van der Waals surface area contributed by atoms with E-state index in [0.717, 1.165) is 29.7 Å². The van der Waals surface area contributed by atoms with Gasteiger partial charge in [0.05, 0.1) is 29.2 Å². The Kier molecular flexibility index (Phi) is 5.33. The molecule has 1 N–H and O–H groups in total. The third kappa shape index (κ3) is 4.01. The Hall–Kier alpha value is -2.78. The average molecular weight is 415 g/mol. The van der Waals surface area contributed by atoms with Crippen molar-refractivity contribution >= 4 is 27.2 Å². The van der Waals surface area contributed by atoms with Gasteiger partial charge in [0.2, 0.25) is 0 Å². The predicted octanol–water partition coefficient (Wildman–Crippen LogP) is 2.93. The molecule has 0 spiro atoms. The van der Waals surface area contributed by atoms with E-state index in [2.05, 4.69) is 11.9 Å². The lowest BCUT2D eigenvalue weighted by Gasteiger charge is -2.17. The summed E-state index contributed by atoms with van der Waals surface area (Å²) in [4.78, 5) is 29.7. The third-order valence-corrected chi connectivity index (χ3v) is 6.32. The Morgan fingerprint density at radius 1 is 1.48 bits per heavy atom. The van der Waals surface area contributed by atoms with Crippen molar-refractivity contribution in [1.82, 2.24) is 9.55 Å². The molecule has 2 heterocycles. The van der Waals surface area contributed by atoms with Gasteiger partial charge in [0.1, 0.15) is 23.3 Å². The van der Waals surface area contributed by atoms with Crippen molar-refractivity contribution in [2.75, 3.05) is 6.61 Å². The molecule has 0 radical (unpaired) electrons. The molecule has 1 aromatic carbocycles. The van der Waals surface area contributed by atoms with E-state index in [4.69, 9.17) is 4.74 Å². The zero-order valence-electron chi connectivity index (χ0n) is 15.9. The molecule has 2 atom stereocenters. The van der Waals surface area contributed by atoms with Crippen LogP contribution in [-0.4, -0.2) is 32.3 Å². The second-order valence-corrected chi connectivity index (χ2v) is 8.54. The van der Waals surface area contributed by atoms with Crippen LogP contribution in [0.2, 0.25) is 0 Å². The van der Waals surface area contributed by atoms with Gasteiger partial charge in [-0.1, -0.05) is 13.0 Å². The highest BCUT2D eigenvalue weighted by Gasteiger charge is 2.23. The number of aliphatic hydroxyl groups is 1. The molecular formula is C20H21N3O5S. The van der Waals surface area contributed by atoms with E-state index in [9.17, 15) is 20.0 Å². The summed E-state index contributed by atoms with van der Waals surface area (Å²) in [6, 6.07) is 5.76.